The summed E-state index contributed by atoms with van der Waals surface area (Å²) in [5, 5.41) is 0. The topological polar surface area (TPSA) is 55.6 Å². The lowest BCUT2D eigenvalue weighted by atomic mass is 10.2. The van der Waals surface area contributed by atoms with Gasteiger partial charge >= 0.3 is 5.97 Å². The van der Waals surface area contributed by atoms with Crippen LogP contribution in [0.25, 0.3) is 0 Å². The SMILES string of the molecule is C=CN(C=C(C)C(=O)OCCN)c1ccccc1. The van der Waals surface area contributed by atoms with Crippen molar-refractivity contribution in [1.29, 1.82) is 0 Å². The first-order valence-electron chi connectivity index (χ1n) is 5.70. The Morgan fingerprint density at radius 3 is 2.67 bits per heavy atom. The van der Waals surface area contributed by atoms with Crippen LogP contribution in [0.2, 0.25) is 0 Å². The molecule has 1 aromatic rings. The summed E-state index contributed by atoms with van der Waals surface area (Å²) in [7, 11) is 0. The van der Waals surface area contributed by atoms with Gasteiger partial charge < -0.3 is 15.4 Å². The van der Waals surface area contributed by atoms with Gasteiger partial charge in [0, 0.05) is 24.6 Å². The van der Waals surface area contributed by atoms with Crippen LogP contribution in [0.4, 0.5) is 5.69 Å². The lowest BCUT2D eigenvalue weighted by Crippen LogP contribution is -2.16. The van der Waals surface area contributed by atoms with E-state index in [1.165, 1.54) is 0 Å². The molecular weight excluding hydrogens is 228 g/mol. The minimum Gasteiger partial charge on any atom is -0.461 e. The van der Waals surface area contributed by atoms with Crippen LogP contribution < -0.4 is 10.6 Å². The maximum atomic E-state index is 11.6. The Morgan fingerprint density at radius 1 is 1.44 bits per heavy atom. The van der Waals surface area contributed by atoms with Crippen molar-refractivity contribution >= 4 is 11.7 Å². The predicted molar refractivity (Wildman–Crippen MR) is 72.9 cm³/mol. The second-order valence-corrected chi connectivity index (χ2v) is 3.66. The third-order valence-electron chi connectivity index (χ3n) is 2.26. The molecule has 0 bridgehead atoms. The Kier molecular flexibility index (Phi) is 5.67. The van der Waals surface area contributed by atoms with Gasteiger partial charge in [0.2, 0.25) is 0 Å². The summed E-state index contributed by atoms with van der Waals surface area (Å²) in [4.78, 5) is 13.3. The van der Waals surface area contributed by atoms with E-state index in [0.717, 1.165) is 5.69 Å². The third kappa shape index (κ3) is 4.07. The number of para-hydroxylation sites is 1. The Labute approximate surface area is 107 Å². The highest BCUT2D eigenvalue weighted by Gasteiger charge is 2.07. The van der Waals surface area contributed by atoms with Gasteiger partial charge in [-0.1, -0.05) is 24.8 Å². The van der Waals surface area contributed by atoms with E-state index in [-0.39, 0.29) is 12.6 Å². The van der Waals surface area contributed by atoms with Crippen molar-refractivity contribution in [3.63, 3.8) is 0 Å². The molecule has 2 N–H and O–H groups in total. The van der Waals surface area contributed by atoms with Crippen molar-refractivity contribution < 1.29 is 9.53 Å². The molecule has 0 radical (unpaired) electrons. The molecule has 0 aromatic heterocycles. The van der Waals surface area contributed by atoms with E-state index in [1.54, 1.807) is 24.2 Å². The van der Waals surface area contributed by atoms with Gasteiger partial charge in [0.1, 0.15) is 6.61 Å². The van der Waals surface area contributed by atoms with Gasteiger partial charge in [0.15, 0.2) is 0 Å². The largest absolute Gasteiger partial charge is 0.461 e. The molecule has 96 valence electrons. The third-order valence-corrected chi connectivity index (χ3v) is 2.26. The molecule has 0 spiro atoms. The summed E-state index contributed by atoms with van der Waals surface area (Å²) in [5.41, 5.74) is 6.69. The molecule has 0 saturated heterocycles. The van der Waals surface area contributed by atoms with Crippen LogP contribution in [-0.4, -0.2) is 19.1 Å². The normalized spacial score (nSPS) is 10.9. The number of nitrogens with two attached hydrogens (primary N) is 1. The summed E-state index contributed by atoms with van der Waals surface area (Å²) < 4.78 is 4.94. The predicted octanol–water partition coefficient (Wildman–Crippen LogP) is 2.04. The molecule has 0 saturated carbocycles. The molecule has 1 rings (SSSR count). The molecule has 0 fully saturated rings. The van der Waals surface area contributed by atoms with Gasteiger partial charge in [-0.3, -0.25) is 0 Å². The minimum absolute atomic E-state index is 0.226. The van der Waals surface area contributed by atoms with Crippen molar-refractivity contribution in [2.24, 2.45) is 5.73 Å². The molecule has 0 heterocycles. The first-order chi connectivity index (χ1) is 8.69. The first kappa shape index (κ1) is 14.0. The number of anilines is 1. The number of nitrogens with zero attached hydrogens (tertiary/aromatic N) is 1. The zero-order chi connectivity index (χ0) is 13.4. The maximum absolute atomic E-state index is 11.6. The Hall–Kier alpha value is -2.07. The van der Waals surface area contributed by atoms with Crippen LogP contribution in [0.3, 0.4) is 0 Å². The highest BCUT2D eigenvalue weighted by atomic mass is 16.5. The van der Waals surface area contributed by atoms with E-state index in [1.807, 2.05) is 30.3 Å². The van der Waals surface area contributed by atoms with Crippen molar-refractivity contribution in [3.05, 3.63) is 54.9 Å². The molecular formula is C14H18N2O2. The van der Waals surface area contributed by atoms with Crippen molar-refractivity contribution in [2.75, 3.05) is 18.1 Å². The van der Waals surface area contributed by atoms with Gasteiger partial charge in [-0.15, -0.1) is 0 Å². The van der Waals surface area contributed by atoms with Crippen LogP contribution >= 0.6 is 0 Å². The second kappa shape index (κ2) is 7.29. The molecule has 0 atom stereocenters. The van der Waals surface area contributed by atoms with Crippen molar-refractivity contribution in [2.45, 2.75) is 6.92 Å². The van der Waals surface area contributed by atoms with E-state index in [0.29, 0.717) is 12.1 Å². The van der Waals surface area contributed by atoms with Crippen LogP contribution in [0.15, 0.2) is 54.9 Å². The Balaban J connectivity index is 2.78. The van der Waals surface area contributed by atoms with Gasteiger partial charge in [-0.2, -0.15) is 0 Å². The first-order valence-corrected chi connectivity index (χ1v) is 5.70. The quantitative estimate of drug-likeness (QED) is 0.616. The lowest BCUT2D eigenvalue weighted by Gasteiger charge is -2.16. The molecule has 0 unspecified atom stereocenters. The van der Waals surface area contributed by atoms with Crippen LogP contribution in [0.1, 0.15) is 6.92 Å². The summed E-state index contributed by atoms with van der Waals surface area (Å²) in [5.74, 6) is -0.372. The van der Waals surface area contributed by atoms with Crippen molar-refractivity contribution in [3.8, 4) is 0 Å². The summed E-state index contributed by atoms with van der Waals surface area (Å²) >= 11 is 0. The number of carbonyl (C=O) groups is 1. The van der Waals surface area contributed by atoms with Crippen LogP contribution in [0, 0.1) is 0 Å². The summed E-state index contributed by atoms with van der Waals surface area (Å²) in [6.07, 6.45) is 3.32. The molecule has 18 heavy (non-hydrogen) atoms. The van der Waals surface area contributed by atoms with Gasteiger partial charge in [0.05, 0.1) is 5.57 Å². The Morgan fingerprint density at radius 2 is 2.11 bits per heavy atom. The van der Waals surface area contributed by atoms with E-state index in [9.17, 15) is 4.79 Å². The number of hydrogen-bond donors (Lipinski definition) is 1. The van der Waals surface area contributed by atoms with E-state index < -0.39 is 0 Å². The van der Waals surface area contributed by atoms with E-state index in [4.69, 9.17) is 10.5 Å². The molecule has 4 heteroatoms. The monoisotopic (exact) mass is 246 g/mol. The standard InChI is InChI=1S/C14H18N2O2/c1-3-16(13-7-5-4-6-8-13)11-12(2)14(17)18-10-9-15/h3-8,11H,1,9-10,15H2,2H3. The lowest BCUT2D eigenvalue weighted by molar-refractivity contribution is -0.138. The average molecular weight is 246 g/mol. The average Bonchev–Trinajstić information content (AvgIpc) is 2.42. The molecule has 0 aliphatic rings. The van der Waals surface area contributed by atoms with Crippen LogP contribution in [-0.2, 0) is 9.53 Å². The molecule has 4 nitrogen and oxygen atoms in total. The molecule has 0 amide bonds. The number of ether oxygens (including phenoxy) is 1. The smallest absolute Gasteiger partial charge is 0.335 e. The van der Waals surface area contributed by atoms with Crippen molar-refractivity contribution in [1.82, 2.24) is 0 Å². The fraction of sp³-hybridized carbons (Fsp3) is 0.214. The minimum atomic E-state index is -0.372. The summed E-state index contributed by atoms with van der Waals surface area (Å²) in [6, 6.07) is 9.62. The fourth-order valence-electron chi connectivity index (χ4n) is 1.36. The number of benzene rings is 1. The van der Waals surface area contributed by atoms with E-state index >= 15 is 0 Å². The Bertz CT molecular complexity index is 427. The number of hydrogen-bond acceptors (Lipinski definition) is 4. The molecule has 0 aliphatic heterocycles. The zero-order valence-corrected chi connectivity index (χ0v) is 10.5. The summed E-state index contributed by atoms with van der Waals surface area (Å²) in [6.45, 7) is 5.96. The maximum Gasteiger partial charge on any atom is 0.335 e. The highest BCUT2D eigenvalue weighted by molar-refractivity contribution is 5.88. The van der Waals surface area contributed by atoms with Crippen LogP contribution in [0.5, 0.6) is 0 Å². The number of esters is 1. The number of rotatable bonds is 6. The molecule has 0 aliphatic carbocycles. The van der Waals surface area contributed by atoms with Gasteiger partial charge in [-0.05, 0) is 19.1 Å². The highest BCUT2D eigenvalue weighted by Crippen LogP contribution is 2.15. The van der Waals surface area contributed by atoms with E-state index in [2.05, 4.69) is 6.58 Å². The zero-order valence-electron chi connectivity index (χ0n) is 10.5. The van der Waals surface area contributed by atoms with Gasteiger partial charge in [-0.25, -0.2) is 4.79 Å². The second-order valence-electron chi connectivity index (χ2n) is 3.66. The van der Waals surface area contributed by atoms with Gasteiger partial charge in [0.25, 0.3) is 0 Å². The molecule has 1 aromatic carbocycles. The number of carbonyl (C=O) groups excluding carboxylic acids is 1. The fourth-order valence-corrected chi connectivity index (χ4v) is 1.36.